The molecule has 1 heterocycles. The number of nitrogens with zero attached hydrogens (tertiary/aromatic N) is 2. The van der Waals surface area contributed by atoms with E-state index in [1.54, 1.807) is 12.1 Å². The number of hydrogen-bond donors (Lipinski definition) is 2. The van der Waals surface area contributed by atoms with Crippen molar-refractivity contribution in [3.63, 3.8) is 0 Å². The van der Waals surface area contributed by atoms with E-state index in [4.69, 9.17) is 16.3 Å². The first-order valence-corrected chi connectivity index (χ1v) is 8.11. The molecule has 23 heavy (non-hydrogen) atoms. The van der Waals surface area contributed by atoms with Crippen LogP contribution < -0.4 is 10.2 Å². The zero-order valence-corrected chi connectivity index (χ0v) is 14.0. The number of rotatable bonds is 6. The minimum absolute atomic E-state index is 0.0232. The van der Waals surface area contributed by atoms with Gasteiger partial charge < -0.3 is 20.1 Å². The number of aliphatic hydroxyl groups is 1. The van der Waals surface area contributed by atoms with Crippen molar-refractivity contribution in [2.45, 2.75) is 32.2 Å². The van der Waals surface area contributed by atoms with E-state index in [0.717, 1.165) is 0 Å². The number of benzene rings is 1. The molecule has 2 N–H and O–H groups in total. The highest BCUT2D eigenvalue weighted by Crippen LogP contribution is 2.33. The van der Waals surface area contributed by atoms with E-state index in [1.807, 2.05) is 18.7 Å². The number of aliphatic hydroxyl groups excluding tert-OH is 1. The van der Waals surface area contributed by atoms with Gasteiger partial charge in [-0.15, -0.1) is 11.6 Å². The molecule has 0 spiro atoms. The van der Waals surface area contributed by atoms with Crippen LogP contribution in [-0.2, 0) is 4.74 Å². The van der Waals surface area contributed by atoms with Crippen LogP contribution in [0.3, 0.4) is 0 Å². The van der Waals surface area contributed by atoms with E-state index in [2.05, 4.69) is 5.32 Å². The van der Waals surface area contributed by atoms with Crippen LogP contribution in [0.2, 0.25) is 0 Å². The van der Waals surface area contributed by atoms with Gasteiger partial charge in [0.1, 0.15) is 5.69 Å². The molecule has 0 saturated carbocycles. The summed E-state index contributed by atoms with van der Waals surface area (Å²) in [5, 5.41) is 23.8. The zero-order chi connectivity index (χ0) is 17.0. The van der Waals surface area contributed by atoms with Gasteiger partial charge in [-0.05, 0) is 26.0 Å². The third-order valence-corrected chi connectivity index (χ3v) is 4.01. The molecule has 1 aromatic carbocycles. The second-order valence-corrected chi connectivity index (χ2v) is 6.12. The molecule has 0 aliphatic carbocycles. The number of alkyl halides is 1. The first kappa shape index (κ1) is 17.8. The lowest BCUT2D eigenvalue weighted by Crippen LogP contribution is -2.45. The summed E-state index contributed by atoms with van der Waals surface area (Å²) in [6.45, 7) is 5.38. The minimum Gasteiger partial charge on any atom is -0.390 e. The van der Waals surface area contributed by atoms with Crippen molar-refractivity contribution in [1.29, 1.82) is 0 Å². The quantitative estimate of drug-likeness (QED) is 0.468. The Bertz CT molecular complexity index is 548. The lowest BCUT2D eigenvalue weighted by atomic mass is 10.1. The van der Waals surface area contributed by atoms with Crippen LogP contribution in [0.15, 0.2) is 18.2 Å². The van der Waals surface area contributed by atoms with Crippen molar-refractivity contribution >= 4 is 28.7 Å². The maximum absolute atomic E-state index is 11.4. The molecule has 1 aliphatic heterocycles. The van der Waals surface area contributed by atoms with Gasteiger partial charge in [0.05, 0.1) is 29.1 Å². The number of hydrogen-bond acceptors (Lipinski definition) is 6. The van der Waals surface area contributed by atoms with E-state index in [9.17, 15) is 15.2 Å². The number of nitro benzene ring substituents is 1. The lowest BCUT2D eigenvalue weighted by molar-refractivity contribution is -0.384. The van der Waals surface area contributed by atoms with Gasteiger partial charge >= 0.3 is 0 Å². The summed E-state index contributed by atoms with van der Waals surface area (Å²) in [4.78, 5) is 13.0. The Hall–Kier alpha value is -1.57. The Kier molecular flexibility index (Phi) is 6.04. The molecular weight excluding hydrogens is 322 g/mol. The Morgan fingerprint density at radius 2 is 2.13 bits per heavy atom. The fourth-order valence-corrected chi connectivity index (χ4v) is 2.82. The van der Waals surface area contributed by atoms with Crippen molar-refractivity contribution < 1.29 is 14.8 Å². The van der Waals surface area contributed by atoms with Crippen LogP contribution in [0.5, 0.6) is 0 Å². The SMILES string of the molecule is CC1CN(c2ccc(NCC(O)CCl)cc2[N+](=O)[O-])CC(C)O1. The lowest BCUT2D eigenvalue weighted by Gasteiger charge is -2.36. The number of nitrogens with one attached hydrogen (secondary N) is 1. The maximum Gasteiger partial charge on any atom is 0.294 e. The molecule has 3 unspecified atom stereocenters. The molecular formula is C15H22ClN3O4. The average Bonchev–Trinajstić information content (AvgIpc) is 2.51. The third-order valence-electron chi connectivity index (χ3n) is 3.65. The van der Waals surface area contributed by atoms with Crippen molar-refractivity contribution in [3.8, 4) is 0 Å². The van der Waals surface area contributed by atoms with Gasteiger partial charge in [-0.3, -0.25) is 10.1 Å². The van der Waals surface area contributed by atoms with E-state index >= 15 is 0 Å². The fourth-order valence-electron chi connectivity index (χ4n) is 2.71. The van der Waals surface area contributed by atoms with Crippen LogP contribution >= 0.6 is 11.6 Å². The third kappa shape index (κ3) is 4.70. The first-order valence-electron chi connectivity index (χ1n) is 7.57. The molecule has 7 nitrogen and oxygen atoms in total. The summed E-state index contributed by atoms with van der Waals surface area (Å²) in [6.07, 6.45) is -0.651. The Labute approximate surface area is 140 Å². The molecule has 0 bridgehead atoms. The Balaban J connectivity index is 2.21. The van der Waals surface area contributed by atoms with Crippen LogP contribution in [-0.4, -0.2) is 53.9 Å². The summed E-state index contributed by atoms with van der Waals surface area (Å²) in [5.41, 5.74) is 1.20. The molecule has 3 atom stereocenters. The molecule has 1 fully saturated rings. The van der Waals surface area contributed by atoms with Gasteiger partial charge in [-0.1, -0.05) is 0 Å². The van der Waals surface area contributed by atoms with Crippen molar-refractivity contribution in [2.75, 3.05) is 35.7 Å². The number of halogens is 1. The number of anilines is 2. The Morgan fingerprint density at radius 3 is 2.70 bits per heavy atom. The highest BCUT2D eigenvalue weighted by atomic mass is 35.5. The van der Waals surface area contributed by atoms with Crippen molar-refractivity contribution in [3.05, 3.63) is 28.3 Å². The highest BCUT2D eigenvalue weighted by molar-refractivity contribution is 6.18. The van der Waals surface area contributed by atoms with E-state index in [-0.39, 0.29) is 35.2 Å². The van der Waals surface area contributed by atoms with Crippen molar-refractivity contribution in [1.82, 2.24) is 0 Å². The number of morpholine rings is 1. The molecule has 0 amide bonds. The number of ether oxygens (including phenoxy) is 1. The largest absolute Gasteiger partial charge is 0.390 e. The molecule has 8 heteroatoms. The van der Waals surface area contributed by atoms with Crippen LogP contribution in [0.4, 0.5) is 17.1 Å². The van der Waals surface area contributed by atoms with E-state index in [0.29, 0.717) is 24.5 Å². The molecule has 0 aromatic heterocycles. The highest BCUT2D eigenvalue weighted by Gasteiger charge is 2.27. The van der Waals surface area contributed by atoms with Gasteiger partial charge in [0, 0.05) is 31.4 Å². The summed E-state index contributed by atoms with van der Waals surface area (Å²) in [6, 6.07) is 4.99. The standard InChI is InChI=1S/C15H22ClN3O4/c1-10-8-18(9-11(2)23-10)14-4-3-12(5-15(14)19(21)22)17-7-13(20)6-16/h3-5,10-11,13,17,20H,6-9H2,1-2H3. The first-order chi connectivity index (χ1) is 10.9. The van der Waals surface area contributed by atoms with Crippen molar-refractivity contribution in [2.24, 2.45) is 0 Å². The molecule has 1 saturated heterocycles. The second kappa shape index (κ2) is 7.81. The average molecular weight is 344 g/mol. The summed E-state index contributed by atoms with van der Waals surface area (Å²) >= 11 is 5.54. The summed E-state index contributed by atoms with van der Waals surface area (Å²) < 4.78 is 5.68. The molecule has 2 rings (SSSR count). The maximum atomic E-state index is 11.4. The van der Waals surface area contributed by atoms with Crippen LogP contribution in [0, 0.1) is 10.1 Å². The molecule has 1 aliphatic rings. The monoisotopic (exact) mass is 343 g/mol. The molecule has 128 valence electrons. The summed E-state index contributed by atoms with van der Waals surface area (Å²) in [7, 11) is 0. The van der Waals surface area contributed by atoms with Gasteiger partial charge in [-0.25, -0.2) is 0 Å². The fraction of sp³-hybridized carbons (Fsp3) is 0.600. The van der Waals surface area contributed by atoms with Gasteiger partial charge in [-0.2, -0.15) is 0 Å². The van der Waals surface area contributed by atoms with E-state index < -0.39 is 6.10 Å². The summed E-state index contributed by atoms with van der Waals surface area (Å²) in [5.74, 6) is 0.108. The smallest absolute Gasteiger partial charge is 0.294 e. The van der Waals surface area contributed by atoms with Crippen LogP contribution in [0.1, 0.15) is 13.8 Å². The number of nitro groups is 1. The second-order valence-electron chi connectivity index (χ2n) is 5.81. The topological polar surface area (TPSA) is 87.9 Å². The van der Waals surface area contributed by atoms with Gasteiger partial charge in [0.15, 0.2) is 0 Å². The molecule has 0 radical (unpaired) electrons. The predicted octanol–water partition coefficient (Wildman–Crippen LogP) is 2.22. The minimum atomic E-state index is -0.698. The predicted molar refractivity (Wildman–Crippen MR) is 90.5 cm³/mol. The van der Waals surface area contributed by atoms with Gasteiger partial charge in [0.25, 0.3) is 5.69 Å². The van der Waals surface area contributed by atoms with Gasteiger partial charge in [0.2, 0.25) is 0 Å². The van der Waals surface area contributed by atoms with E-state index in [1.165, 1.54) is 6.07 Å². The normalized spacial score (nSPS) is 22.7. The zero-order valence-electron chi connectivity index (χ0n) is 13.2. The molecule has 1 aromatic rings. The Morgan fingerprint density at radius 1 is 1.48 bits per heavy atom. The van der Waals surface area contributed by atoms with Crippen LogP contribution in [0.25, 0.3) is 0 Å².